The van der Waals surface area contributed by atoms with Crippen LogP contribution in [-0.2, 0) is 6.54 Å². The maximum absolute atomic E-state index is 5.90. The fraction of sp³-hybridized carbons (Fsp3) is 0.500. The Kier molecular flexibility index (Phi) is 3.34. The minimum atomic E-state index is -0.00724. The molecule has 0 aromatic carbocycles. The number of pyridine rings is 1. The molecule has 0 amide bonds. The van der Waals surface area contributed by atoms with E-state index in [-0.39, 0.29) is 5.54 Å². The summed E-state index contributed by atoms with van der Waals surface area (Å²) in [6, 6.07) is 1.88. The molecule has 78 valence electrons. The second-order valence-electron chi connectivity index (χ2n) is 4.24. The van der Waals surface area contributed by atoms with E-state index >= 15 is 0 Å². The van der Waals surface area contributed by atoms with Gasteiger partial charge in [-0.1, -0.05) is 11.6 Å². The van der Waals surface area contributed by atoms with Gasteiger partial charge in [0.05, 0.1) is 5.02 Å². The van der Waals surface area contributed by atoms with E-state index in [4.69, 9.17) is 17.3 Å². The van der Waals surface area contributed by atoms with E-state index in [2.05, 4.69) is 31.1 Å². The first-order valence-corrected chi connectivity index (χ1v) is 4.93. The van der Waals surface area contributed by atoms with E-state index in [0.29, 0.717) is 11.6 Å². The average molecular weight is 214 g/mol. The van der Waals surface area contributed by atoms with Crippen molar-refractivity contribution < 1.29 is 0 Å². The van der Waals surface area contributed by atoms with Crippen LogP contribution in [0.3, 0.4) is 0 Å². The van der Waals surface area contributed by atoms with E-state index in [0.717, 1.165) is 11.4 Å². The molecule has 1 rings (SSSR count). The van der Waals surface area contributed by atoms with Crippen LogP contribution in [0.2, 0.25) is 5.02 Å². The SMILES string of the molecule is CC(C)(C)Nc1cc(CN)c(Cl)cn1. The summed E-state index contributed by atoms with van der Waals surface area (Å²) in [6.45, 7) is 6.66. The van der Waals surface area contributed by atoms with Gasteiger partial charge >= 0.3 is 0 Å². The van der Waals surface area contributed by atoms with Crippen molar-refractivity contribution in [3.8, 4) is 0 Å². The van der Waals surface area contributed by atoms with Gasteiger partial charge in [0.2, 0.25) is 0 Å². The minimum absolute atomic E-state index is 0.00724. The molecule has 4 heteroatoms. The zero-order valence-corrected chi connectivity index (χ0v) is 9.52. The van der Waals surface area contributed by atoms with Gasteiger partial charge in [-0.3, -0.25) is 0 Å². The lowest BCUT2D eigenvalue weighted by Crippen LogP contribution is -2.26. The van der Waals surface area contributed by atoms with Crippen LogP contribution < -0.4 is 11.1 Å². The fourth-order valence-corrected chi connectivity index (χ4v) is 1.27. The molecule has 0 saturated heterocycles. The Hall–Kier alpha value is -0.800. The summed E-state index contributed by atoms with van der Waals surface area (Å²) in [6.07, 6.45) is 1.62. The molecule has 3 nitrogen and oxygen atoms in total. The summed E-state index contributed by atoms with van der Waals surface area (Å²) in [5, 5.41) is 3.88. The number of hydrogen-bond donors (Lipinski definition) is 2. The van der Waals surface area contributed by atoms with E-state index in [1.54, 1.807) is 6.20 Å². The normalized spacial score (nSPS) is 11.5. The van der Waals surface area contributed by atoms with Crippen LogP contribution in [0.15, 0.2) is 12.3 Å². The van der Waals surface area contributed by atoms with Crippen LogP contribution in [-0.4, -0.2) is 10.5 Å². The number of nitrogens with zero attached hydrogens (tertiary/aromatic N) is 1. The lowest BCUT2D eigenvalue weighted by molar-refractivity contribution is 0.630. The van der Waals surface area contributed by atoms with Crippen LogP contribution in [0, 0.1) is 0 Å². The minimum Gasteiger partial charge on any atom is -0.365 e. The van der Waals surface area contributed by atoms with E-state index in [1.165, 1.54) is 0 Å². The lowest BCUT2D eigenvalue weighted by Gasteiger charge is -2.21. The Balaban J connectivity index is 2.90. The summed E-state index contributed by atoms with van der Waals surface area (Å²) in [5.74, 6) is 0.808. The Labute approximate surface area is 89.7 Å². The molecule has 0 radical (unpaired) electrons. The standard InChI is InChI=1S/C10H16ClN3/c1-10(2,3)14-9-4-7(5-12)8(11)6-13-9/h4,6H,5,12H2,1-3H3,(H,13,14). The first kappa shape index (κ1) is 11.3. The molecule has 1 heterocycles. The predicted molar refractivity (Wildman–Crippen MR) is 60.5 cm³/mol. The van der Waals surface area contributed by atoms with Crippen molar-refractivity contribution in [1.29, 1.82) is 0 Å². The summed E-state index contributed by atoms with van der Waals surface area (Å²) in [7, 11) is 0. The number of aromatic nitrogens is 1. The van der Waals surface area contributed by atoms with Crippen LogP contribution in [0.5, 0.6) is 0 Å². The topological polar surface area (TPSA) is 50.9 Å². The summed E-state index contributed by atoms with van der Waals surface area (Å²) < 4.78 is 0. The van der Waals surface area contributed by atoms with Crippen molar-refractivity contribution >= 4 is 17.4 Å². The molecule has 0 aliphatic rings. The predicted octanol–water partition coefficient (Wildman–Crippen LogP) is 2.40. The maximum Gasteiger partial charge on any atom is 0.126 e. The molecule has 0 atom stereocenters. The zero-order valence-electron chi connectivity index (χ0n) is 8.76. The molecule has 0 bridgehead atoms. The molecule has 0 spiro atoms. The molecule has 0 unspecified atom stereocenters. The monoisotopic (exact) mass is 213 g/mol. The van der Waals surface area contributed by atoms with Crippen molar-refractivity contribution in [2.24, 2.45) is 5.73 Å². The number of rotatable bonds is 2. The van der Waals surface area contributed by atoms with Gasteiger partial charge in [0.25, 0.3) is 0 Å². The lowest BCUT2D eigenvalue weighted by atomic mass is 10.1. The van der Waals surface area contributed by atoms with Gasteiger partial charge in [0.15, 0.2) is 0 Å². The van der Waals surface area contributed by atoms with Crippen molar-refractivity contribution in [3.63, 3.8) is 0 Å². The van der Waals surface area contributed by atoms with Crippen LogP contribution in [0.1, 0.15) is 26.3 Å². The molecule has 0 fully saturated rings. The van der Waals surface area contributed by atoms with E-state index in [9.17, 15) is 0 Å². The first-order chi connectivity index (χ1) is 6.42. The highest BCUT2D eigenvalue weighted by atomic mass is 35.5. The van der Waals surface area contributed by atoms with E-state index in [1.807, 2.05) is 6.07 Å². The van der Waals surface area contributed by atoms with Gasteiger partial charge in [-0.05, 0) is 32.4 Å². The number of nitrogens with one attached hydrogen (secondary N) is 1. The molecule has 0 aliphatic carbocycles. The molecular weight excluding hydrogens is 198 g/mol. The fourth-order valence-electron chi connectivity index (χ4n) is 1.09. The van der Waals surface area contributed by atoms with Gasteiger partial charge in [-0.2, -0.15) is 0 Å². The molecule has 1 aromatic rings. The molecule has 3 N–H and O–H groups in total. The quantitative estimate of drug-likeness (QED) is 0.793. The van der Waals surface area contributed by atoms with Crippen molar-refractivity contribution in [1.82, 2.24) is 4.98 Å². The van der Waals surface area contributed by atoms with Gasteiger partial charge in [-0.25, -0.2) is 4.98 Å². The molecule has 0 saturated carbocycles. The summed E-state index contributed by atoms with van der Waals surface area (Å²) in [4.78, 5) is 4.17. The van der Waals surface area contributed by atoms with Crippen molar-refractivity contribution in [3.05, 3.63) is 22.8 Å². The second-order valence-corrected chi connectivity index (χ2v) is 4.65. The molecule has 14 heavy (non-hydrogen) atoms. The third-order valence-electron chi connectivity index (χ3n) is 1.66. The van der Waals surface area contributed by atoms with E-state index < -0.39 is 0 Å². The van der Waals surface area contributed by atoms with Gasteiger partial charge < -0.3 is 11.1 Å². The average Bonchev–Trinajstić information content (AvgIpc) is 2.06. The zero-order chi connectivity index (χ0) is 10.8. The van der Waals surface area contributed by atoms with Gasteiger partial charge in [0.1, 0.15) is 5.82 Å². The summed E-state index contributed by atoms with van der Waals surface area (Å²) >= 11 is 5.90. The Morgan fingerprint density at radius 3 is 2.64 bits per heavy atom. The summed E-state index contributed by atoms with van der Waals surface area (Å²) in [5.41, 5.74) is 6.45. The molecule has 1 aromatic heterocycles. The highest BCUT2D eigenvalue weighted by Crippen LogP contribution is 2.19. The van der Waals surface area contributed by atoms with Crippen LogP contribution >= 0.6 is 11.6 Å². The molecule has 0 aliphatic heterocycles. The first-order valence-electron chi connectivity index (χ1n) is 4.55. The van der Waals surface area contributed by atoms with Crippen molar-refractivity contribution in [2.75, 3.05) is 5.32 Å². The number of hydrogen-bond acceptors (Lipinski definition) is 3. The highest BCUT2D eigenvalue weighted by molar-refractivity contribution is 6.31. The Morgan fingerprint density at radius 1 is 1.50 bits per heavy atom. The smallest absolute Gasteiger partial charge is 0.126 e. The third-order valence-corrected chi connectivity index (χ3v) is 2.00. The van der Waals surface area contributed by atoms with Crippen LogP contribution in [0.25, 0.3) is 0 Å². The number of halogens is 1. The van der Waals surface area contributed by atoms with Gasteiger partial charge in [-0.15, -0.1) is 0 Å². The largest absolute Gasteiger partial charge is 0.365 e. The highest BCUT2D eigenvalue weighted by Gasteiger charge is 2.10. The molecular formula is C10H16ClN3. The number of anilines is 1. The second kappa shape index (κ2) is 4.15. The maximum atomic E-state index is 5.90. The number of nitrogens with two attached hydrogens (primary N) is 1. The van der Waals surface area contributed by atoms with Gasteiger partial charge in [0, 0.05) is 18.3 Å². The van der Waals surface area contributed by atoms with Crippen LogP contribution in [0.4, 0.5) is 5.82 Å². The Bertz CT molecular complexity index is 318. The van der Waals surface area contributed by atoms with Crippen molar-refractivity contribution in [2.45, 2.75) is 32.9 Å². The third kappa shape index (κ3) is 3.16. The Morgan fingerprint density at radius 2 is 2.14 bits per heavy atom.